The SMILES string of the molecule is COc1cc(OC)cc(C(=O)NCC(=O)N(Cc2ccc(F)cc2)C2CC2)c1. The molecule has 0 heterocycles. The molecule has 1 aliphatic rings. The van der Waals surface area contributed by atoms with Crippen LogP contribution in [0.15, 0.2) is 42.5 Å². The maximum atomic E-state index is 13.1. The molecule has 1 saturated carbocycles. The fourth-order valence-corrected chi connectivity index (χ4v) is 2.89. The summed E-state index contributed by atoms with van der Waals surface area (Å²) in [6.07, 6.45) is 1.88. The first-order valence-corrected chi connectivity index (χ1v) is 9.05. The molecule has 6 nitrogen and oxygen atoms in total. The van der Waals surface area contributed by atoms with Crippen molar-refractivity contribution in [1.29, 1.82) is 0 Å². The van der Waals surface area contributed by atoms with E-state index >= 15 is 0 Å². The standard InChI is InChI=1S/C21H23FN2O4/c1-27-18-9-15(10-19(11-18)28-2)21(26)23-12-20(25)24(17-7-8-17)13-14-3-5-16(22)6-4-14/h3-6,9-11,17H,7-8,12-13H2,1-2H3,(H,23,26). The summed E-state index contributed by atoms with van der Waals surface area (Å²) in [4.78, 5) is 26.9. The smallest absolute Gasteiger partial charge is 0.251 e. The number of hydrogen-bond acceptors (Lipinski definition) is 4. The summed E-state index contributed by atoms with van der Waals surface area (Å²) in [6, 6.07) is 11.1. The number of hydrogen-bond donors (Lipinski definition) is 1. The molecule has 0 atom stereocenters. The molecule has 0 aromatic heterocycles. The van der Waals surface area contributed by atoms with Crippen molar-refractivity contribution in [2.75, 3.05) is 20.8 Å². The fraction of sp³-hybridized carbons (Fsp3) is 0.333. The molecule has 1 N–H and O–H groups in total. The highest BCUT2D eigenvalue weighted by atomic mass is 19.1. The molecule has 0 aliphatic heterocycles. The summed E-state index contributed by atoms with van der Waals surface area (Å²) in [5.41, 5.74) is 1.20. The van der Waals surface area contributed by atoms with Crippen LogP contribution in [0.5, 0.6) is 11.5 Å². The van der Waals surface area contributed by atoms with Crippen molar-refractivity contribution in [3.05, 3.63) is 59.4 Å². The van der Waals surface area contributed by atoms with Crippen LogP contribution in [-0.4, -0.2) is 43.5 Å². The molecular formula is C21H23FN2O4. The normalized spacial score (nSPS) is 13.0. The van der Waals surface area contributed by atoms with E-state index in [-0.39, 0.29) is 30.2 Å². The number of amides is 2. The number of nitrogens with one attached hydrogen (secondary N) is 1. The van der Waals surface area contributed by atoms with Crippen molar-refractivity contribution >= 4 is 11.8 Å². The molecule has 28 heavy (non-hydrogen) atoms. The molecule has 3 rings (SSSR count). The molecule has 0 radical (unpaired) electrons. The minimum atomic E-state index is -0.386. The Morgan fingerprint density at radius 1 is 1.07 bits per heavy atom. The van der Waals surface area contributed by atoms with Crippen LogP contribution in [0, 0.1) is 5.82 Å². The number of nitrogens with zero attached hydrogens (tertiary/aromatic N) is 1. The van der Waals surface area contributed by atoms with Gasteiger partial charge in [-0.25, -0.2) is 4.39 Å². The third-order valence-corrected chi connectivity index (χ3v) is 4.59. The maximum Gasteiger partial charge on any atom is 0.251 e. The Morgan fingerprint density at radius 3 is 2.21 bits per heavy atom. The van der Waals surface area contributed by atoms with Crippen molar-refractivity contribution in [2.24, 2.45) is 0 Å². The van der Waals surface area contributed by atoms with Gasteiger partial charge in [-0.1, -0.05) is 12.1 Å². The summed E-state index contributed by atoms with van der Waals surface area (Å²) in [6.45, 7) is 0.280. The summed E-state index contributed by atoms with van der Waals surface area (Å²) >= 11 is 0. The second-order valence-corrected chi connectivity index (χ2v) is 6.66. The summed E-state index contributed by atoms with van der Waals surface area (Å²) in [7, 11) is 3.01. The zero-order valence-electron chi connectivity index (χ0n) is 15.9. The van der Waals surface area contributed by atoms with Crippen LogP contribution in [0.1, 0.15) is 28.8 Å². The molecule has 1 fully saturated rings. The van der Waals surface area contributed by atoms with E-state index in [9.17, 15) is 14.0 Å². The number of methoxy groups -OCH3 is 2. The molecule has 148 valence electrons. The van der Waals surface area contributed by atoms with Gasteiger partial charge in [-0.15, -0.1) is 0 Å². The lowest BCUT2D eigenvalue weighted by atomic mass is 10.2. The van der Waals surface area contributed by atoms with Crippen LogP contribution in [-0.2, 0) is 11.3 Å². The van der Waals surface area contributed by atoms with Gasteiger partial charge in [0.1, 0.15) is 17.3 Å². The molecule has 7 heteroatoms. The van der Waals surface area contributed by atoms with Crippen molar-refractivity contribution < 1.29 is 23.5 Å². The van der Waals surface area contributed by atoms with E-state index in [2.05, 4.69) is 5.32 Å². The van der Waals surface area contributed by atoms with Gasteiger partial charge in [-0.05, 0) is 42.7 Å². The van der Waals surface area contributed by atoms with Crippen LogP contribution in [0.4, 0.5) is 4.39 Å². The lowest BCUT2D eigenvalue weighted by Gasteiger charge is -2.23. The lowest BCUT2D eigenvalue weighted by Crippen LogP contribution is -2.41. The first-order valence-electron chi connectivity index (χ1n) is 9.05. The average molecular weight is 386 g/mol. The van der Waals surface area contributed by atoms with E-state index in [0.717, 1.165) is 18.4 Å². The van der Waals surface area contributed by atoms with Crippen LogP contribution in [0.2, 0.25) is 0 Å². The Bertz CT molecular complexity index is 828. The summed E-state index contributed by atoms with van der Waals surface area (Å²) < 4.78 is 23.4. The number of benzene rings is 2. The first kappa shape index (κ1) is 19.7. The Hall–Kier alpha value is -3.09. The molecule has 2 amide bonds. The molecule has 0 bridgehead atoms. The minimum absolute atomic E-state index is 0.115. The molecular weight excluding hydrogens is 363 g/mol. The average Bonchev–Trinajstić information content (AvgIpc) is 3.55. The van der Waals surface area contributed by atoms with E-state index in [0.29, 0.717) is 23.6 Å². The Morgan fingerprint density at radius 2 is 1.68 bits per heavy atom. The Kier molecular flexibility index (Phi) is 6.13. The van der Waals surface area contributed by atoms with Gasteiger partial charge >= 0.3 is 0 Å². The van der Waals surface area contributed by atoms with Gasteiger partial charge in [0.15, 0.2) is 0 Å². The predicted molar refractivity (Wildman–Crippen MR) is 102 cm³/mol. The highest BCUT2D eigenvalue weighted by molar-refractivity contribution is 5.97. The maximum absolute atomic E-state index is 13.1. The number of carbonyl (C=O) groups is 2. The quantitative estimate of drug-likeness (QED) is 0.758. The van der Waals surface area contributed by atoms with Gasteiger partial charge in [-0.3, -0.25) is 9.59 Å². The molecule has 0 unspecified atom stereocenters. The molecule has 2 aromatic carbocycles. The predicted octanol–water partition coefficient (Wildman–Crippen LogP) is 2.76. The zero-order valence-corrected chi connectivity index (χ0v) is 15.9. The molecule has 0 saturated heterocycles. The lowest BCUT2D eigenvalue weighted by molar-refractivity contribution is -0.131. The van der Waals surface area contributed by atoms with Crippen molar-refractivity contribution in [1.82, 2.24) is 10.2 Å². The second-order valence-electron chi connectivity index (χ2n) is 6.66. The number of halogens is 1. The van der Waals surface area contributed by atoms with Crippen LogP contribution < -0.4 is 14.8 Å². The number of carbonyl (C=O) groups excluding carboxylic acids is 2. The van der Waals surface area contributed by atoms with E-state index < -0.39 is 0 Å². The van der Waals surface area contributed by atoms with Crippen molar-refractivity contribution in [3.8, 4) is 11.5 Å². The van der Waals surface area contributed by atoms with Crippen LogP contribution in [0.25, 0.3) is 0 Å². The topological polar surface area (TPSA) is 67.9 Å². The highest BCUT2D eigenvalue weighted by Gasteiger charge is 2.32. The summed E-state index contributed by atoms with van der Waals surface area (Å²) in [5.74, 6) is 0.116. The Balaban J connectivity index is 1.63. The van der Waals surface area contributed by atoms with Gasteiger partial charge in [-0.2, -0.15) is 0 Å². The van der Waals surface area contributed by atoms with E-state index in [1.165, 1.54) is 26.4 Å². The van der Waals surface area contributed by atoms with Crippen LogP contribution >= 0.6 is 0 Å². The second kappa shape index (κ2) is 8.73. The molecule has 2 aromatic rings. The van der Waals surface area contributed by atoms with E-state index in [1.54, 1.807) is 35.2 Å². The minimum Gasteiger partial charge on any atom is -0.497 e. The monoisotopic (exact) mass is 386 g/mol. The van der Waals surface area contributed by atoms with E-state index in [4.69, 9.17) is 9.47 Å². The third kappa shape index (κ3) is 5.00. The third-order valence-electron chi connectivity index (χ3n) is 4.59. The summed E-state index contributed by atoms with van der Waals surface area (Å²) in [5, 5.41) is 2.66. The zero-order chi connectivity index (χ0) is 20.1. The first-order chi connectivity index (χ1) is 13.5. The number of ether oxygens (including phenoxy) is 2. The van der Waals surface area contributed by atoms with Crippen molar-refractivity contribution in [3.63, 3.8) is 0 Å². The Labute approximate surface area is 163 Å². The van der Waals surface area contributed by atoms with Gasteiger partial charge in [0, 0.05) is 24.2 Å². The molecule has 0 spiro atoms. The van der Waals surface area contributed by atoms with E-state index in [1.807, 2.05) is 0 Å². The highest BCUT2D eigenvalue weighted by Crippen LogP contribution is 2.28. The fourth-order valence-electron chi connectivity index (χ4n) is 2.89. The van der Waals surface area contributed by atoms with Crippen molar-refractivity contribution in [2.45, 2.75) is 25.4 Å². The van der Waals surface area contributed by atoms with Gasteiger partial charge < -0.3 is 19.7 Å². The largest absolute Gasteiger partial charge is 0.497 e. The van der Waals surface area contributed by atoms with Crippen LogP contribution in [0.3, 0.4) is 0 Å². The van der Waals surface area contributed by atoms with Gasteiger partial charge in [0.2, 0.25) is 5.91 Å². The number of rotatable bonds is 8. The van der Waals surface area contributed by atoms with Gasteiger partial charge in [0.25, 0.3) is 5.91 Å². The molecule has 1 aliphatic carbocycles. The van der Waals surface area contributed by atoms with Gasteiger partial charge in [0.05, 0.1) is 20.8 Å².